The van der Waals surface area contributed by atoms with E-state index in [4.69, 9.17) is 0 Å². The number of carbonyl (C=O) groups excluding carboxylic acids is 2. The Kier molecular flexibility index (Phi) is 5.37. The van der Waals surface area contributed by atoms with Crippen LogP contribution in [0.2, 0.25) is 0 Å². The maximum Gasteiger partial charge on any atom is 0.295 e. The lowest BCUT2D eigenvalue weighted by Gasteiger charge is -2.26. The Morgan fingerprint density at radius 1 is 1.06 bits per heavy atom. The maximum absolute atomic E-state index is 13.3. The minimum absolute atomic E-state index is 0.0799. The standard InChI is InChI=1S/C27H24N4O3/c1-30(2)19-11-9-18(10-12-19)24-23(25(32)21-15-29-22-8-4-3-7-20(21)22)26(33)27(34)31(24)16-17-6-5-13-28-14-17/h3-15,24,29,32H,16H2,1-2H3/b25-23-. The molecule has 1 saturated heterocycles. The van der Waals surface area contributed by atoms with Crippen molar-refractivity contribution in [2.45, 2.75) is 12.6 Å². The van der Waals surface area contributed by atoms with E-state index in [2.05, 4.69) is 9.97 Å². The van der Waals surface area contributed by atoms with Crippen molar-refractivity contribution in [3.05, 3.63) is 102 Å². The third kappa shape index (κ3) is 3.61. The highest BCUT2D eigenvalue weighted by Gasteiger charge is 2.46. The molecular weight excluding hydrogens is 428 g/mol. The lowest BCUT2D eigenvalue weighted by Crippen LogP contribution is -2.29. The van der Waals surface area contributed by atoms with E-state index in [1.54, 1.807) is 24.7 Å². The predicted molar refractivity (Wildman–Crippen MR) is 131 cm³/mol. The van der Waals surface area contributed by atoms with Crippen molar-refractivity contribution < 1.29 is 14.7 Å². The van der Waals surface area contributed by atoms with Crippen molar-refractivity contribution in [2.24, 2.45) is 0 Å². The molecule has 1 aliphatic rings. The number of fused-ring (bicyclic) bond motifs is 1. The number of nitrogens with one attached hydrogen (secondary N) is 1. The van der Waals surface area contributed by atoms with Gasteiger partial charge in [-0.1, -0.05) is 36.4 Å². The molecule has 1 fully saturated rings. The predicted octanol–water partition coefficient (Wildman–Crippen LogP) is 4.25. The normalized spacial score (nSPS) is 17.5. The number of carbonyl (C=O) groups is 2. The van der Waals surface area contributed by atoms with Crippen LogP contribution in [0, 0.1) is 0 Å². The Labute approximate surface area is 197 Å². The number of para-hydroxylation sites is 1. The van der Waals surface area contributed by atoms with Gasteiger partial charge in [-0.25, -0.2) is 0 Å². The summed E-state index contributed by atoms with van der Waals surface area (Å²) in [6, 6.07) is 18.1. The minimum atomic E-state index is -0.731. The smallest absolute Gasteiger partial charge is 0.295 e. The molecule has 0 aliphatic carbocycles. The van der Waals surface area contributed by atoms with Gasteiger partial charge in [-0.15, -0.1) is 0 Å². The molecule has 1 amide bonds. The Morgan fingerprint density at radius 3 is 2.53 bits per heavy atom. The molecule has 1 atom stereocenters. The molecule has 34 heavy (non-hydrogen) atoms. The zero-order valence-corrected chi connectivity index (χ0v) is 18.9. The average molecular weight is 453 g/mol. The molecule has 2 aromatic heterocycles. The van der Waals surface area contributed by atoms with E-state index in [1.807, 2.05) is 73.6 Å². The number of nitrogens with zero attached hydrogens (tertiary/aromatic N) is 3. The van der Waals surface area contributed by atoms with Gasteiger partial charge in [-0.2, -0.15) is 0 Å². The second kappa shape index (κ2) is 8.51. The third-order valence-electron chi connectivity index (χ3n) is 6.19. The Bertz CT molecular complexity index is 1400. The molecule has 1 aliphatic heterocycles. The van der Waals surface area contributed by atoms with Crippen molar-refractivity contribution in [3.8, 4) is 0 Å². The number of hydrogen-bond donors (Lipinski definition) is 2. The summed E-state index contributed by atoms with van der Waals surface area (Å²) in [6.45, 7) is 0.198. The van der Waals surface area contributed by atoms with Crippen LogP contribution in [0.5, 0.6) is 0 Å². The van der Waals surface area contributed by atoms with Crippen LogP contribution in [0.25, 0.3) is 16.7 Å². The number of pyridine rings is 1. The number of amides is 1. The summed E-state index contributed by atoms with van der Waals surface area (Å²) in [6.07, 6.45) is 5.00. The van der Waals surface area contributed by atoms with Gasteiger partial charge < -0.3 is 19.9 Å². The van der Waals surface area contributed by atoms with Crippen molar-refractivity contribution >= 4 is 34.0 Å². The van der Waals surface area contributed by atoms with E-state index in [-0.39, 0.29) is 17.9 Å². The summed E-state index contributed by atoms with van der Waals surface area (Å²) in [4.78, 5) is 37.2. The molecule has 2 N–H and O–H groups in total. The summed E-state index contributed by atoms with van der Waals surface area (Å²) in [5.74, 6) is -1.54. The van der Waals surface area contributed by atoms with Gasteiger partial charge in [0, 0.05) is 61.4 Å². The highest BCUT2D eigenvalue weighted by molar-refractivity contribution is 6.46. The van der Waals surface area contributed by atoms with Crippen molar-refractivity contribution in [1.29, 1.82) is 0 Å². The Balaban J connectivity index is 1.67. The van der Waals surface area contributed by atoms with Crippen molar-refractivity contribution in [1.82, 2.24) is 14.9 Å². The van der Waals surface area contributed by atoms with Crippen LogP contribution < -0.4 is 4.90 Å². The number of aliphatic hydroxyl groups excluding tert-OH is 1. The number of likely N-dealkylation sites (tertiary alicyclic amines) is 1. The number of aromatic amines is 1. The number of aromatic nitrogens is 2. The van der Waals surface area contributed by atoms with Crippen LogP contribution in [0.3, 0.4) is 0 Å². The topological polar surface area (TPSA) is 89.5 Å². The first kappa shape index (κ1) is 21.5. The lowest BCUT2D eigenvalue weighted by molar-refractivity contribution is -0.140. The Hall–Kier alpha value is -4.39. The van der Waals surface area contributed by atoms with Crippen LogP contribution in [0.15, 0.2) is 84.8 Å². The van der Waals surface area contributed by atoms with E-state index in [9.17, 15) is 14.7 Å². The first-order valence-electron chi connectivity index (χ1n) is 11.0. The van der Waals surface area contributed by atoms with Crippen LogP contribution in [-0.4, -0.2) is 45.8 Å². The molecule has 2 aromatic carbocycles. The van der Waals surface area contributed by atoms with Gasteiger partial charge in [0.15, 0.2) is 0 Å². The van der Waals surface area contributed by atoms with Crippen LogP contribution in [-0.2, 0) is 16.1 Å². The van der Waals surface area contributed by atoms with E-state index >= 15 is 0 Å². The number of hydrogen-bond acceptors (Lipinski definition) is 5. The summed E-state index contributed by atoms with van der Waals surface area (Å²) >= 11 is 0. The van der Waals surface area contributed by atoms with E-state index < -0.39 is 17.7 Å². The molecule has 0 bridgehead atoms. The van der Waals surface area contributed by atoms with E-state index in [0.29, 0.717) is 5.56 Å². The van der Waals surface area contributed by atoms with E-state index in [1.165, 1.54) is 4.90 Å². The molecule has 0 spiro atoms. The SMILES string of the molecule is CN(C)c1ccc(C2/C(=C(/O)c3c[nH]c4ccccc34)C(=O)C(=O)N2Cc2cccnc2)cc1. The van der Waals surface area contributed by atoms with Crippen LogP contribution in [0.4, 0.5) is 5.69 Å². The van der Waals surface area contributed by atoms with Gasteiger partial charge >= 0.3 is 0 Å². The molecule has 5 rings (SSSR count). The number of anilines is 1. The van der Waals surface area contributed by atoms with Gasteiger partial charge in [-0.3, -0.25) is 14.6 Å². The third-order valence-corrected chi connectivity index (χ3v) is 6.19. The van der Waals surface area contributed by atoms with Gasteiger partial charge in [0.25, 0.3) is 11.7 Å². The molecule has 0 saturated carbocycles. The minimum Gasteiger partial charge on any atom is -0.507 e. The average Bonchev–Trinajstić information content (AvgIpc) is 3.39. The molecule has 170 valence electrons. The molecule has 7 nitrogen and oxygen atoms in total. The molecule has 4 aromatic rings. The number of ketones is 1. The largest absolute Gasteiger partial charge is 0.507 e. The van der Waals surface area contributed by atoms with Crippen LogP contribution >= 0.6 is 0 Å². The van der Waals surface area contributed by atoms with Gasteiger partial charge in [0.2, 0.25) is 0 Å². The number of H-pyrrole nitrogens is 1. The zero-order valence-electron chi connectivity index (χ0n) is 18.9. The second-order valence-electron chi connectivity index (χ2n) is 8.52. The summed E-state index contributed by atoms with van der Waals surface area (Å²) in [7, 11) is 3.89. The zero-order chi connectivity index (χ0) is 23.8. The molecule has 3 heterocycles. The number of Topliss-reactive ketones (excluding diaryl/α,β-unsaturated/α-hetero) is 1. The molecule has 1 unspecified atom stereocenters. The highest BCUT2D eigenvalue weighted by Crippen LogP contribution is 2.41. The van der Waals surface area contributed by atoms with Crippen molar-refractivity contribution in [2.75, 3.05) is 19.0 Å². The molecule has 7 heteroatoms. The van der Waals surface area contributed by atoms with Gasteiger partial charge in [-0.05, 0) is 35.4 Å². The first-order valence-corrected chi connectivity index (χ1v) is 11.0. The van der Waals surface area contributed by atoms with Gasteiger partial charge in [0.05, 0.1) is 11.6 Å². The Morgan fingerprint density at radius 2 is 1.82 bits per heavy atom. The summed E-state index contributed by atoms with van der Waals surface area (Å²) in [5.41, 5.74) is 3.94. The molecule has 0 radical (unpaired) electrons. The number of benzene rings is 2. The summed E-state index contributed by atoms with van der Waals surface area (Å²) < 4.78 is 0. The monoisotopic (exact) mass is 452 g/mol. The lowest BCUT2D eigenvalue weighted by atomic mass is 9.95. The maximum atomic E-state index is 13.3. The quantitative estimate of drug-likeness (QED) is 0.268. The fraction of sp³-hybridized carbons (Fsp3) is 0.148. The number of aliphatic hydroxyl groups is 1. The van der Waals surface area contributed by atoms with Crippen molar-refractivity contribution in [3.63, 3.8) is 0 Å². The molecular formula is C27H24N4O3. The van der Waals surface area contributed by atoms with Crippen LogP contribution in [0.1, 0.15) is 22.7 Å². The first-order chi connectivity index (χ1) is 16.5. The summed E-state index contributed by atoms with van der Waals surface area (Å²) in [5, 5.41) is 12.2. The highest BCUT2D eigenvalue weighted by atomic mass is 16.3. The number of rotatable bonds is 5. The second-order valence-corrected chi connectivity index (χ2v) is 8.52. The van der Waals surface area contributed by atoms with E-state index in [0.717, 1.165) is 27.7 Å². The van der Waals surface area contributed by atoms with Gasteiger partial charge in [0.1, 0.15) is 5.76 Å². The fourth-order valence-electron chi connectivity index (χ4n) is 4.45. The fourth-order valence-corrected chi connectivity index (χ4v) is 4.45.